The highest BCUT2D eigenvalue weighted by Crippen LogP contribution is 2.40. The molecule has 8 heteroatoms. The lowest BCUT2D eigenvalue weighted by molar-refractivity contribution is -0.116. The minimum atomic E-state index is -0.197. The number of rotatable bonds is 8. The largest absolute Gasteiger partial charge is 0.493 e. The minimum absolute atomic E-state index is 0.194. The van der Waals surface area contributed by atoms with Crippen molar-refractivity contribution in [1.29, 1.82) is 0 Å². The third-order valence-electron chi connectivity index (χ3n) is 4.21. The van der Waals surface area contributed by atoms with Crippen molar-refractivity contribution in [3.63, 3.8) is 0 Å². The second kappa shape index (κ2) is 9.34. The molecule has 1 N–H and O–H groups in total. The van der Waals surface area contributed by atoms with Crippen LogP contribution in [0.2, 0.25) is 5.02 Å². The monoisotopic (exact) mass is 416 g/mol. The number of nitrogens with zero attached hydrogens (tertiary/aromatic N) is 1. The topological polar surface area (TPSA) is 82.8 Å². The van der Waals surface area contributed by atoms with Gasteiger partial charge in [0.05, 0.1) is 32.5 Å². The number of methoxy groups -OCH3 is 3. The van der Waals surface area contributed by atoms with Gasteiger partial charge in [-0.05, 0) is 12.1 Å². The number of benzene rings is 2. The summed E-state index contributed by atoms with van der Waals surface area (Å²) in [5, 5.41) is 3.39. The molecule has 1 heterocycles. The number of nitrogens with one attached hydrogen (secondary N) is 1. The Balaban J connectivity index is 1.64. The van der Waals surface area contributed by atoms with Gasteiger partial charge in [-0.25, -0.2) is 4.98 Å². The molecule has 0 bridgehead atoms. The molecular weight excluding hydrogens is 396 g/mol. The van der Waals surface area contributed by atoms with Crippen molar-refractivity contribution in [2.45, 2.75) is 12.8 Å². The number of anilines is 1. The summed E-state index contributed by atoms with van der Waals surface area (Å²) < 4.78 is 21.6. The van der Waals surface area contributed by atoms with Crippen LogP contribution < -0.4 is 19.5 Å². The Morgan fingerprint density at radius 3 is 2.41 bits per heavy atom. The highest BCUT2D eigenvalue weighted by atomic mass is 35.5. The molecule has 0 saturated heterocycles. The average Bonchev–Trinajstić information content (AvgIpc) is 3.20. The summed E-state index contributed by atoms with van der Waals surface area (Å²) >= 11 is 6.18. The third-order valence-corrected chi connectivity index (χ3v) is 4.54. The van der Waals surface area contributed by atoms with Crippen LogP contribution in [0.25, 0.3) is 11.3 Å². The SMILES string of the molecule is COc1cc(NC(=O)CCc2ncc(-c3ccccc3Cl)o2)cc(OC)c1OC. The molecule has 0 unspecified atom stereocenters. The first-order valence-electron chi connectivity index (χ1n) is 8.85. The Hall–Kier alpha value is -3.19. The molecular formula is C21H21ClN2O5. The van der Waals surface area contributed by atoms with Gasteiger partial charge < -0.3 is 23.9 Å². The molecule has 0 radical (unpaired) electrons. The lowest BCUT2D eigenvalue weighted by Crippen LogP contribution is -2.12. The zero-order chi connectivity index (χ0) is 20.8. The first-order chi connectivity index (χ1) is 14.0. The van der Waals surface area contributed by atoms with E-state index in [2.05, 4.69) is 10.3 Å². The highest BCUT2D eigenvalue weighted by Gasteiger charge is 2.15. The molecule has 0 fully saturated rings. The van der Waals surface area contributed by atoms with Crippen molar-refractivity contribution in [3.8, 4) is 28.6 Å². The maximum atomic E-state index is 12.4. The van der Waals surface area contributed by atoms with Crippen LogP contribution in [0.3, 0.4) is 0 Å². The molecule has 0 aliphatic carbocycles. The number of halogens is 1. The van der Waals surface area contributed by atoms with Crippen LogP contribution in [0.4, 0.5) is 5.69 Å². The van der Waals surface area contributed by atoms with Crippen LogP contribution in [0.1, 0.15) is 12.3 Å². The predicted octanol–water partition coefficient (Wildman–Crippen LogP) is 4.59. The standard InChI is InChI=1S/C21H21ClN2O5/c1-26-16-10-13(11-17(27-2)21(16)28-3)24-19(25)8-9-20-23-12-18(29-20)14-6-4-5-7-15(14)22/h4-7,10-12H,8-9H2,1-3H3,(H,24,25). The first kappa shape index (κ1) is 20.5. The maximum Gasteiger partial charge on any atom is 0.224 e. The molecule has 0 aliphatic rings. The summed E-state index contributed by atoms with van der Waals surface area (Å²) in [6.07, 6.45) is 2.15. The molecule has 29 heavy (non-hydrogen) atoms. The van der Waals surface area contributed by atoms with Gasteiger partial charge in [0.1, 0.15) is 0 Å². The van der Waals surface area contributed by atoms with Crippen molar-refractivity contribution >= 4 is 23.2 Å². The van der Waals surface area contributed by atoms with Gasteiger partial charge in [-0.1, -0.05) is 23.7 Å². The normalized spacial score (nSPS) is 10.5. The first-order valence-corrected chi connectivity index (χ1v) is 9.23. The number of aryl methyl sites for hydroxylation is 1. The van der Waals surface area contributed by atoms with Crippen molar-refractivity contribution in [2.75, 3.05) is 26.6 Å². The molecule has 0 spiro atoms. The van der Waals surface area contributed by atoms with E-state index in [-0.39, 0.29) is 12.3 Å². The Labute approximate surface area is 173 Å². The van der Waals surface area contributed by atoms with E-state index in [1.54, 1.807) is 24.4 Å². The van der Waals surface area contributed by atoms with Gasteiger partial charge in [-0.15, -0.1) is 0 Å². The van der Waals surface area contributed by atoms with Gasteiger partial charge in [0.25, 0.3) is 0 Å². The van der Waals surface area contributed by atoms with E-state index >= 15 is 0 Å². The van der Waals surface area contributed by atoms with Crippen LogP contribution in [0.5, 0.6) is 17.2 Å². The fourth-order valence-corrected chi connectivity index (χ4v) is 3.04. The average molecular weight is 417 g/mol. The number of carbonyl (C=O) groups is 1. The summed E-state index contributed by atoms with van der Waals surface area (Å²) in [4.78, 5) is 16.6. The summed E-state index contributed by atoms with van der Waals surface area (Å²) in [5.74, 6) is 2.20. The number of oxazole rings is 1. The molecule has 152 valence electrons. The zero-order valence-electron chi connectivity index (χ0n) is 16.3. The molecule has 1 aromatic heterocycles. The molecule has 2 aromatic carbocycles. The molecule has 1 amide bonds. The van der Waals surface area contributed by atoms with Crippen molar-refractivity contribution in [3.05, 3.63) is 53.5 Å². The quantitative estimate of drug-likeness (QED) is 0.578. The Kier molecular flexibility index (Phi) is 6.61. The van der Waals surface area contributed by atoms with E-state index in [0.717, 1.165) is 5.56 Å². The molecule has 0 saturated carbocycles. The van der Waals surface area contributed by atoms with E-state index in [1.807, 2.05) is 18.2 Å². The van der Waals surface area contributed by atoms with Gasteiger partial charge in [-0.3, -0.25) is 4.79 Å². The van der Waals surface area contributed by atoms with Crippen LogP contribution in [-0.4, -0.2) is 32.2 Å². The molecule has 7 nitrogen and oxygen atoms in total. The lowest BCUT2D eigenvalue weighted by Gasteiger charge is -2.14. The molecule has 0 atom stereocenters. The van der Waals surface area contributed by atoms with Crippen LogP contribution >= 0.6 is 11.6 Å². The second-order valence-electron chi connectivity index (χ2n) is 6.06. The van der Waals surface area contributed by atoms with E-state index < -0.39 is 0 Å². The predicted molar refractivity (Wildman–Crippen MR) is 110 cm³/mol. The summed E-state index contributed by atoms with van der Waals surface area (Å²) in [5.41, 5.74) is 1.29. The second-order valence-corrected chi connectivity index (χ2v) is 6.47. The van der Waals surface area contributed by atoms with E-state index in [0.29, 0.717) is 46.0 Å². The lowest BCUT2D eigenvalue weighted by atomic mass is 10.2. The van der Waals surface area contributed by atoms with Crippen molar-refractivity contribution in [2.24, 2.45) is 0 Å². The maximum absolute atomic E-state index is 12.4. The van der Waals surface area contributed by atoms with Gasteiger partial charge in [0.2, 0.25) is 11.7 Å². The number of ether oxygens (including phenoxy) is 3. The molecule has 3 rings (SSSR count). The van der Waals surface area contributed by atoms with Gasteiger partial charge >= 0.3 is 0 Å². The van der Waals surface area contributed by atoms with Crippen molar-refractivity contribution < 1.29 is 23.4 Å². The van der Waals surface area contributed by atoms with Crippen LogP contribution in [0, 0.1) is 0 Å². The fraction of sp³-hybridized carbons (Fsp3) is 0.238. The van der Waals surface area contributed by atoms with Crippen LogP contribution in [-0.2, 0) is 11.2 Å². The van der Waals surface area contributed by atoms with Crippen LogP contribution in [0.15, 0.2) is 47.0 Å². The van der Waals surface area contributed by atoms with Gasteiger partial charge in [0.15, 0.2) is 23.1 Å². The number of amides is 1. The Bertz CT molecular complexity index is 977. The fourth-order valence-electron chi connectivity index (χ4n) is 2.81. The van der Waals surface area contributed by atoms with E-state index in [4.69, 9.17) is 30.2 Å². The van der Waals surface area contributed by atoms with E-state index in [9.17, 15) is 4.79 Å². The highest BCUT2D eigenvalue weighted by molar-refractivity contribution is 6.33. The number of carbonyl (C=O) groups excluding carboxylic acids is 1. The van der Waals surface area contributed by atoms with Crippen molar-refractivity contribution in [1.82, 2.24) is 4.98 Å². The summed E-state index contributed by atoms with van der Waals surface area (Å²) in [7, 11) is 4.55. The zero-order valence-corrected chi connectivity index (χ0v) is 17.1. The number of hydrogen-bond acceptors (Lipinski definition) is 6. The third kappa shape index (κ3) is 4.81. The molecule has 3 aromatic rings. The Morgan fingerprint density at radius 1 is 1.10 bits per heavy atom. The summed E-state index contributed by atoms with van der Waals surface area (Å²) in [6.45, 7) is 0. The number of aromatic nitrogens is 1. The minimum Gasteiger partial charge on any atom is -0.493 e. The smallest absolute Gasteiger partial charge is 0.224 e. The van der Waals surface area contributed by atoms with E-state index in [1.165, 1.54) is 21.3 Å². The molecule has 0 aliphatic heterocycles. The summed E-state index contributed by atoms with van der Waals surface area (Å²) in [6, 6.07) is 10.7. The van der Waals surface area contributed by atoms with Gasteiger partial charge in [0, 0.05) is 36.2 Å². The van der Waals surface area contributed by atoms with Gasteiger partial charge in [-0.2, -0.15) is 0 Å². The number of hydrogen-bond donors (Lipinski definition) is 1. The Morgan fingerprint density at radius 2 is 1.79 bits per heavy atom.